The monoisotopic (exact) mass is 544 g/mol. The standard InChI is InChI=1S/C23H22Cl2N8O2S/c1-11(7-13(34)16-15(25)17(31-10-30-16)19-26-5-6-27-19)21-28-9-14(36-21)20(35)33-22-29-8-12(24)18(32-22)23(2,3)4/h5-6,8-11H,7H2,1-4H3,(H,26,27)(H,29,32,33,35). The number of hydrogen-bond donors (Lipinski definition) is 2. The zero-order valence-corrected chi connectivity index (χ0v) is 22.2. The van der Waals surface area contributed by atoms with E-state index in [1.54, 1.807) is 12.4 Å². The first-order chi connectivity index (χ1) is 17.0. The molecule has 1 amide bonds. The third kappa shape index (κ3) is 5.58. The van der Waals surface area contributed by atoms with Crippen LogP contribution in [-0.4, -0.2) is 46.6 Å². The van der Waals surface area contributed by atoms with Gasteiger partial charge in [-0.2, -0.15) is 0 Å². The number of nitrogens with zero attached hydrogens (tertiary/aromatic N) is 6. The summed E-state index contributed by atoms with van der Waals surface area (Å²) < 4.78 is 0. The molecule has 36 heavy (non-hydrogen) atoms. The molecule has 0 saturated heterocycles. The first-order valence-electron chi connectivity index (χ1n) is 10.9. The van der Waals surface area contributed by atoms with E-state index in [1.807, 2.05) is 27.7 Å². The molecule has 0 bridgehead atoms. The summed E-state index contributed by atoms with van der Waals surface area (Å²) in [6, 6.07) is 0. The zero-order valence-electron chi connectivity index (χ0n) is 19.8. The Hall–Kier alpha value is -3.28. The van der Waals surface area contributed by atoms with Crippen LogP contribution in [0.5, 0.6) is 0 Å². The van der Waals surface area contributed by atoms with Crippen LogP contribution in [0, 0.1) is 0 Å². The van der Waals surface area contributed by atoms with Crippen molar-refractivity contribution in [1.29, 1.82) is 0 Å². The smallest absolute Gasteiger partial charge is 0.269 e. The first kappa shape index (κ1) is 25.8. The molecule has 1 atom stereocenters. The van der Waals surface area contributed by atoms with E-state index in [2.05, 4.69) is 40.2 Å². The SMILES string of the molecule is CC(CC(=O)c1ncnc(-c2ncc[nH]2)c1Cl)c1ncc(C(=O)Nc2ncc(Cl)c(C(C)(C)C)n2)s1. The predicted octanol–water partition coefficient (Wildman–Crippen LogP) is 5.35. The maximum Gasteiger partial charge on any atom is 0.269 e. The lowest BCUT2D eigenvalue weighted by Crippen LogP contribution is -2.18. The number of rotatable bonds is 7. The Morgan fingerprint density at radius 3 is 2.58 bits per heavy atom. The molecule has 1 unspecified atom stereocenters. The van der Waals surface area contributed by atoms with Gasteiger partial charge in [-0.15, -0.1) is 11.3 Å². The fourth-order valence-electron chi connectivity index (χ4n) is 3.32. The summed E-state index contributed by atoms with van der Waals surface area (Å²) in [5, 5.41) is 3.86. The Morgan fingerprint density at radius 2 is 1.89 bits per heavy atom. The fourth-order valence-corrected chi connectivity index (χ4v) is 4.85. The third-order valence-electron chi connectivity index (χ3n) is 5.12. The second-order valence-corrected chi connectivity index (χ2v) is 10.9. The van der Waals surface area contributed by atoms with Crippen LogP contribution in [-0.2, 0) is 5.41 Å². The molecule has 13 heteroatoms. The van der Waals surface area contributed by atoms with Gasteiger partial charge in [-0.1, -0.05) is 50.9 Å². The van der Waals surface area contributed by atoms with Crippen molar-refractivity contribution in [3.05, 3.63) is 62.4 Å². The Kier molecular flexibility index (Phi) is 7.43. The molecule has 4 aromatic rings. The number of aromatic amines is 1. The number of imidazole rings is 1. The first-order valence-corrected chi connectivity index (χ1v) is 12.5. The van der Waals surface area contributed by atoms with Crippen molar-refractivity contribution in [2.45, 2.75) is 45.4 Å². The molecule has 0 aliphatic rings. The summed E-state index contributed by atoms with van der Waals surface area (Å²) >= 11 is 13.8. The number of aromatic nitrogens is 7. The number of carbonyl (C=O) groups is 2. The molecule has 4 aromatic heterocycles. The largest absolute Gasteiger partial charge is 0.343 e. The summed E-state index contributed by atoms with van der Waals surface area (Å²) in [6.07, 6.45) is 7.50. The average Bonchev–Trinajstić information content (AvgIpc) is 3.52. The number of thiazole rings is 1. The second kappa shape index (κ2) is 10.4. The highest BCUT2D eigenvalue weighted by Gasteiger charge is 2.24. The topological polar surface area (TPSA) is 139 Å². The van der Waals surface area contributed by atoms with Crippen LogP contribution in [0.3, 0.4) is 0 Å². The molecule has 2 N–H and O–H groups in total. The summed E-state index contributed by atoms with van der Waals surface area (Å²) in [7, 11) is 0. The van der Waals surface area contributed by atoms with Gasteiger partial charge in [-0.05, 0) is 0 Å². The van der Waals surface area contributed by atoms with Crippen molar-refractivity contribution in [1.82, 2.24) is 34.9 Å². The van der Waals surface area contributed by atoms with Crippen LogP contribution < -0.4 is 5.32 Å². The van der Waals surface area contributed by atoms with Crippen molar-refractivity contribution in [2.75, 3.05) is 5.32 Å². The highest BCUT2D eigenvalue weighted by Crippen LogP contribution is 2.31. The van der Waals surface area contributed by atoms with E-state index in [4.69, 9.17) is 23.2 Å². The molecule has 0 aliphatic heterocycles. The van der Waals surface area contributed by atoms with E-state index in [1.165, 1.54) is 30.1 Å². The molecular formula is C23H22Cl2N8O2S. The van der Waals surface area contributed by atoms with Crippen LogP contribution >= 0.6 is 34.5 Å². The fraction of sp³-hybridized carbons (Fsp3) is 0.304. The van der Waals surface area contributed by atoms with Gasteiger partial charge < -0.3 is 4.98 Å². The highest BCUT2D eigenvalue weighted by molar-refractivity contribution is 7.13. The average molecular weight is 545 g/mol. The summed E-state index contributed by atoms with van der Waals surface area (Å²) in [5.74, 6) is -0.353. The van der Waals surface area contributed by atoms with Gasteiger partial charge in [0.1, 0.15) is 22.6 Å². The van der Waals surface area contributed by atoms with Crippen LogP contribution in [0.15, 0.2) is 31.1 Å². The Morgan fingerprint density at radius 1 is 1.11 bits per heavy atom. The van der Waals surface area contributed by atoms with Crippen molar-refractivity contribution < 1.29 is 9.59 Å². The molecule has 0 radical (unpaired) electrons. The van der Waals surface area contributed by atoms with E-state index >= 15 is 0 Å². The number of hydrogen-bond acceptors (Lipinski definition) is 9. The third-order valence-corrected chi connectivity index (χ3v) is 6.98. The van der Waals surface area contributed by atoms with Gasteiger partial charge in [0.25, 0.3) is 5.91 Å². The number of nitrogens with one attached hydrogen (secondary N) is 2. The summed E-state index contributed by atoms with van der Waals surface area (Å²) in [4.78, 5) is 54.1. The Balaban J connectivity index is 1.45. The number of Topliss-reactive ketones (excluding diaryl/α,β-unsaturated/α-hetero) is 1. The Bertz CT molecular complexity index is 1420. The molecule has 186 valence electrons. The number of ketones is 1. The number of amides is 1. The van der Waals surface area contributed by atoms with Crippen molar-refractivity contribution in [3.63, 3.8) is 0 Å². The molecule has 0 fully saturated rings. The van der Waals surface area contributed by atoms with Crippen LogP contribution in [0.1, 0.15) is 70.9 Å². The van der Waals surface area contributed by atoms with E-state index in [0.717, 1.165) is 0 Å². The second-order valence-electron chi connectivity index (χ2n) is 9.01. The molecular weight excluding hydrogens is 523 g/mol. The van der Waals surface area contributed by atoms with Gasteiger partial charge >= 0.3 is 0 Å². The molecule has 0 saturated carbocycles. The van der Waals surface area contributed by atoms with Crippen molar-refractivity contribution in [3.8, 4) is 11.5 Å². The van der Waals surface area contributed by atoms with Gasteiger partial charge in [0.2, 0.25) is 5.95 Å². The summed E-state index contributed by atoms with van der Waals surface area (Å²) in [5.41, 5.74) is 0.767. The number of anilines is 1. The van der Waals surface area contributed by atoms with Crippen molar-refractivity contribution in [2.24, 2.45) is 0 Å². The van der Waals surface area contributed by atoms with E-state index in [-0.39, 0.29) is 40.2 Å². The lowest BCUT2D eigenvalue weighted by atomic mass is 9.92. The minimum absolute atomic E-state index is 0.0954. The molecule has 0 aromatic carbocycles. The minimum atomic E-state index is -0.401. The van der Waals surface area contributed by atoms with Gasteiger partial charge in [0, 0.05) is 30.1 Å². The van der Waals surface area contributed by atoms with Crippen LogP contribution in [0.2, 0.25) is 10.0 Å². The van der Waals surface area contributed by atoms with Gasteiger partial charge in [0.15, 0.2) is 11.6 Å². The van der Waals surface area contributed by atoms with Crippen molar-refractivity contribution >= 4 is 52.2 Å². The quantitative estimate of drug-likeness (QED) is 0.297. The molecule has 0 spiro atoms. The van der Waals surface area contributed by atoms with E-state index in [0.29, 0.717) is 32.1 Å². The maximum atomic E-state index is 13.0. The zero-order chi connectivity index (χ0) is 26.0. The molecule has 10 nitrogen and oxygen atoms in total. The molecule has 0 aliphatic carbocycles. The summed E-state index contributed by atoms with van der Waals surface area (Å²) in [6.45, 7) is 7.76. The molecule has 4 rings (SSSR count). The lowest BCUT2D eigenvalue weighted by molar-refractivity contribution is 0.0969. The number of halogens is 2. The highest BCUT2D eigenvalue weighted by atomic mass is 35.5. The lowest BCUT2D eigenvalue weighted by Gasteiger charge is -2.19. The van der Waals surface area contributed by atoms with Gasteiger partial charge in [-0.25, -0.2) is 29.9 Å². The Labute approximate surface area is 221 Å². The minimum Gasteiger partial charge on any atom is -0.343 e. The number of carbonyl (C=O) groups excluding carboxylic acids is 2. The number of H-pyrrole nitrogens is 1. The predicted molar refractivity (Wildman–Crippen MR) is 138 cm³/mol. The van der Waals surface area contributed by atoms with Gasteiger partial charge in [-0.3, -0.25) is 14.9 Å². The van der Waals surface area contributed by atoms with E-state index in [9.17, 15) is 9.59 Å². The molecule has 4 heterocycles. The maximum absolute atomic E-state index is 13.0. The van der Waals surface area contributed by atoms with Crippen LogP contribution in [0.25, 0.3) is 11.5 Å². The van der Waals surface area contributed by atoms with Gasteiger partial charge in [0.05, 0.1) is 33.1 Å². The van der Waals surface area contributed by atoms with E-state index < -0.39 is 5.91 Å². The van der Waals surface area contributed by atoms with Crippen LogP contribution in [0.4, 0.5) is 5.95 Å². The normalized spacial score (nSPS) is 12.4.